The SMILES string of the molecule is CN(CC(=O)N(C)C)Cc1cccc(Cl)c1. The summed E-state index contributed by atoms with van der Waals surface area (Å²) in [4.78, 5) is 15.0. The van der Waals surface area contributed by atoms with Gasteiger partial charge in [0.1, 0.15) is 0 Å². The van der Waals surface area contributed by atoms with Crippen molar-refractivity contribution in [3.63, 3.8) is 0 Å². The van der Waals surface area contributed by atoms with Crippen molar-refractivity contribution in [3.05, 3.63) is 34.9 Å². The molecule has 0 aliphatic carbocycles. The van der Waals surface area contributed by atoms with Gasteiger partial charge in [-0.2, -0.15) is 0 Å². The van der Waals surface area contributed by atoms with Gasteiger partial charge in [0.2, 0.25) is 5.91 Å². The predicted molar refractivity (Wildman–Crippen MR) is 66.5 cm³/mol. The van der Waals surface area contributed by atoms with E-state index in [-0.39, 0.29) is 5.91 Å². The minimum absolute atomic E-state index is 0.101. The van der Waals surface area contributed by atoms with Crippen molar-refractivity contribution in [2.45, 2.75) is 6.54 Å². The summed E-state index contributed by atoms with van der Waals surface area (Å²) < 4.78 is 0. The smallest absolute Gasteiger partial charge is 0.236 e. The lowest BCUT2D eigenvalue weighted by Crippen LogP contribution is -2.34. The molecule has 3 nitrogen and oxygen atoms in total. The molecule has 0 bridgehead atoms. The second-order valence-electron chi connectivity index (χ2n) is 4.09. The van der Waals surface area contributed by atoms with Crippen LogP contribution in [0, 0.1) is 0 Å². The number of hydrogen-bond donors (Lipinski definition) is 0. The summed E-state index contributed by atoms with van der Waals surface area (Å²) >= 11 is 5.89. The molecule has 1 aromatic carbocycles. The molecule has 88 valence electrons. The van der Waals surface area contributed by atoms with Gasteiger partial charge in [-0.3, -0.25) is 9.69 Å². The first kappa shape index (κ1) is 13.0. The fraction of sp³-hybridized carbons (Fsp3) is 0.417. The molecule has 0 N–H and O–H groups in total. The average Bonchev–Trinajstić information content (AvgIpc) is 2.16. The third-order valence-electron chi connectivity index (χ3n) is 2.25. The largest absolute Gasteiger partial charge is 0.348 e. The first-order valence-corrected chi connectivity index (χ1v) is 5.50. The summed E-state index contributed by atoms with van der Waals surface area (Å²) in [6.07, 6.45) is 0. The van der Waals surface area contributed by atoms with Gasteiger partial charge in [-0.05, 0) is 24.7 Å². The van der Waals surface area contributed by atoms with Crippen LogP contribution in [0.5, 0.6) is 0 Å². The van der Waals surface area contributed by atoms with Crippen molar-refractivity contribution in [1.82, 2.24) is 9.80 Å². The molecule has 0 aromatic heterocycles. The Morgan fingerprint density at radius 1 is 1.31 bits per heavy atom. The van der Waals surface area contributed by atoms with Crippen LogP contribution in [0.25, 0.3) is 0 Å². The number of benzene rings is 1. The summed E-state index contributed by atoms with van der Waals surface area (Å²) in [7, 11) is 5.44. The fourth-order valence-electron chi connectivity index (χ4n) is 1.38. The molecule has 1 amide bonds. The molecule has 0 saturated heterocycles. The van der Waals surface area contributed by atoms with Gasteiger partial charge in [0, 0.05) is 25.7 Å². The maximum Gasteiger partial charge on any atom is 0.236 e. The van der Waals surface area contributed by atoms with Gasteiger partial charge >= 0.3 is 0 Å². The molecule has 16 heavy (non-hydrogen) atoms. The van der Waals surface area contributed by atoms with Gasteiger partial charge in [-0.15, -0.1) is 0 Å². The Kier molecular flexibility index (Phi) is 4.77. The van der Waals surface area contributed by atoms with E-state index in [1.54, 1.807) is 19.0 Å². The van der Waals surface area contributed by atoms with Crippen molar-refractivity contribution in [2.24, 2.45) is 0 Å². The lowest BCUT2D eigenvalue weighted by Gasteiger charge is -2.18. The zero-order chi connectivity index (χ0) is 12.1. The highest BCUT2D eigenvalue weighted by Gasteiger charge is 2.08. The van der Waals surface area contributed by atoms with E-state index in [4.69, 9.17) is 11.6 Å². The number of carbonyl (C=O) groups is 1. The fourth-order valence-corrected chi connectivity index (χ4v) is 1.59. The van der Waals surface area contributed by atoms with Crippen molar-refractivity contribution < 1.29 is 4.79 Å². The van der Waals surface area contributed by atoms with Crippen molar-refractivity contribution in [2.75, 3.05) is 27.7 Å². The lowest BCUT2D eigenvalue weighted by atomic mass is 10.2. The van der Waals surface area contributed by atoms with Crippen LogP contribution in [-0.2, 0) is 11.3 Å². The Morgan fingerprint density at radius 3 is 2.56 bits per heavy atom. The molecule has 0 fully saturated rings. The minimum Gasteiger partial charge on any atom is -0.348 e. The second kappa shape index (κ2) is 5.87. The quantitative estimate of drug-likeness (QED) is 0.802. The molecule has 1 rings (SSSR count). The molecule has 0 saturated carbocycles. The molecule has 4 heteroatoms. The average molecular weight is 241 g/mol. The van der Waals surface area contributed by atoms with Crippen LogP contribution in [0.2, 0.25) is 5.02 Å². The van der Waals surface area contributed by atoms with E-state index in [0.717, 1.165) is 17.1 Å². The second-order valence-corrected chi connectivity index (χ2v) is 4.53. The third-order valence-corrected chi connectivity index (χ3v) is 2.48. The van der Waals surface area contributed by atoms with Crippen molar-refractivity contribution in [1.29, 1.82) is 0 Å². The highest BCUT2D eigenvalue weighted by molar-refractivity contribution is 6.30. The molecular weight excluding hydrogens is 224 g/mol. The topological polar surface area (TPSA) is 23.6 Å². The number of hydrogen-bond acceptors (Lipinski definition) is 2. The number of nitrogens with zero attached hydrogens (tertiary/aromatic N) is 2. The van der Waals surface area contributed by atoms with Gasteiger partial charge < -0.3 is 4.90 Å². The van der Waals surface area contributed by atoms with E-state index >= 15 is 0 Å². The highest BCUT2D eigenvalue weighted by Crippen LogP contribution is 2.11. The Balaban J connectivity index is 2.51. The standard InChI is InChI=1S/C12H17ClN2O/c1-14(2)12(16)9-15(3)8-10-5-4-6-11(13)7-10/h4-7H,8-9H2,1-3H3. The van der Waals surface area contributed by atoms with Crippen molar-refractivity contribution in [3.8, 4) is 0 Å². The van der Waals surface area contributed by atoms with Gasteiger partial charge in [0.05, 0.1) is 6.54 Å². The Hall–Kier alpha value is -1.06. The van der Waals surface area contributed by atoms with E-state index in [9.17, 15) is 4.79 Å². The molecular formula is C12H17ClN2O. The number of rotatable bonds is 4. The number of likely N-dealkylation sites (N-methyl/N-ethyl adjacent to an activating group) is 2. The highest BCUT2D eigenvalue weighted by atomic mass is 35.5. The Bertz CT molecular complexity index is 366. The van der Waals surface area contributed by atoms with Gasteiger partial charge in [0.15, 0.2) is 0 Å². The maximum absolute atomic E-state index is 11.5. The first-order valence-electron chi connectivity index (χ1n) is 5.12. The zero-order valence-electron chi connectivity index (χ0n) is 9.90. The van der Waals surface area contributed by atoms with Gasteiger partial charge in [-0.1, -0.05) is 23.7 Å². The summed E-state index contributed by atoms with van der Waals surface area (Å²) in [5, 5.41) is 0.727. The molecule has 0 aliphatic heterocycles. The summed E-state index contributed by atoms with van der Waals surface area (Å²) in [6.45, 7) is 1.14. The lowest BCUT2D eigenvalue weighted by molar-refractivity contribution is -0.129. The van der Waals surface area contributed by atoms with Crippen molar-refractivity contribution >= 4 is 17.5 Å². The molecule has 0 unspecified atom stereocenters. The summed E-state index contributed by atoms with van der Waals surface area (Å²) in [5.41, 5.74) is 1.11. The van der Waals surface area contributed by atoms with Crippen LogP contribution in [0.15, 0.2) is 24.3 Å². The van der Waals surface area contributed by atoms with Crippen LogP contribution >= 0.6 is 11.6 Å². The normalized spacial score (nSPS) is 10.6. The molecule has 0 heterocycles. The molecule has 1 aromatic rings. The van der Waals surface area contributed by atoms with Crippen LogP contribution < -0.4 is 0 Å². The predicted octanol–water partition coefficient (Wildman–Crippen LogP) is 1.86. The zero-order valence-corrected chi connectivity index (χ0v) is 10.7. The maximum atomic E-state index is 11.5. The molecule has 0 spiro atoms. The van der Waals surface area contributed by atoms with E-state index in [2.05, 4.69) is 0 Å². The summed E-state index contributed by atoms with van der Waals surface area (Å²) in [5.74, 6) is 0.101. The minimum atomic E-state index is 0.101. The third kappa shape index (κ3) is 4.21. The Morgan fingerprint density at radius 2 is 2.00 bits per heavy atom. The molecule has 0 radical (unpaired) electrons. The van der Waals surface area contributed by atoms with Crippen LogP contribution in [-0.4, -0.2) is 43.4 Å². The number of amides is 1. The molecule has 0 aliphatic rings. The van der Waals surface area contributed by atoms with Crippen LogP contribution in [0.3, 0.4) is 0 Å². The van der Waals surface area contributed by atoms with E-state index in [1.807, 2.05) is 36.2 Å². The van der Waals surface area contributed by atoms with Gasteiger partial charge in [0.25, 0.3) is 0 Å². The number of halogens is 1. The van der Waals surface area contributed by atoms with E-state index in [1.165, 1.54) is 0 Å². The van der Waals surface area contributed by atoms with Crippen LogP contribution in [0.4, 0.5) is 0 Å². The molecule has 0 atom stereocenters. The first-order chi connectivity index (χ1) is 7.49. The monoisotopic (exact) mass is 240 g/mol. The van der Waals surface area contributed by atoms with E-state index < -0.39 is 0 Å². The summed E-state index contributed by atoms with van der Waals surface area (Å²) in [6, 6.07) is 7.68. The van der Waals surface area contributed by atoms with Gasteiger partial charge in [-0.25, -0.2) is 0 Å². The van der Waals surface area contributed by atoms with E-state index in [0.29, 0.717) is 6.54 Å². The number of carbonyl (C=O) groups excluding carboxylic acids is 1. The Labute approximate surface area is 102 Å². The van der Waals surface area contributed by atoms with Crippen LogP contribution in [0.1, 0.15) is 5.56 Å².